The van der Waals surface area contributed by atoms with Crippen molar-refractivity contribution in [2.24, 2.45) is 11.8 Å². The quantitative estimate of drug-likeness (QED) is 0.840. The van der Waals surface area contributed by atoms with Crippen LogP contribution in [0.3, 0.4) is 0 Å². The number of methoxy groups -OCH3 is 1. The van der Waals surface area contributed by atoms with Crippen molar-refractivity contribution in [2.45, 2.75) is 26.3 Å². The predicted molar refractivity (Wildman–Crippen MR) is 66.8 cm³/mol. The molecule has 1 aromatic carbocycles. The summed E-state index contributed by atoms with van der Waals surface area (Å²) in [5.74, 6) is 2.60. The van der Waals surface area contributed by atoms with E-state index in [1.165, 1.54) is 17.5 Å². The van der Waals surface area contributed by atoms with Gasteiger partial charge in [0.1, 0.15) is 5.75 Å². The summed E-state index contributed by atoms with van der Waals surface area (Å²) in [6.45, 7) is 4.45. The summed E-state index contributed by atoms with van der Waals surface area (Å²) in [6.07, 6.45) is 1.32. The number of aryl methyl sites for hydroxylation is 1. The van der Waals surface area contributed by atoms with Gasteiger partial charge in [-0.15, -0.1) is 0 Å². The van der Waals surface area contributed by atoms with Gasteiger partial charge >= 0.3 is 0 Å². The molecule has 3 atom stereocenters. The molecule has 1 N–H and O–H groups in total. The molecule has 16 heavy (non-hydrogen) atoms. The molecule has 0 aromatic heterocycles. The summed E-state index contributed by atoms with van der Waals surface area (Å²) in [5, 5.41) is 3.43. The van der Waals surface area contributed by atoms with Crippen molar-refractivity contribution in [1.29, 1.82) is 0 Å². The van der Waals surface area contributed by atoms with Crippen molar-refractivity contribution < 1.29 is 4.74 Å². The zero-order chi connectivity index (χ0) is 11.7. The van der Waals surface area contributed by atoms with E-state index in [9.17, 15) is 0 Å². The summed E-state index contributed by atoms with van der Waals surface area (Å²) in [5.41, 5.74) is 2.60. The highest BCUT2D eigenvalue weighted by Gasteiger charge is 2.40. The minimum Gasteiger partial charge on any atom is -0.496 e. The van der Waals surface area contributed by atoms with E-state index in [0.717, 1.165) is 17.6 Å². The van der Waals surface area contributed by atoms with Gasteiger partial charge in [-0.3, -0.25) is 0 Å². The Morgan fingerprint density at radius 1 is 1.44 bits per heavy atom. The van der Waals surface area contributed by atoms with Crippen molar-refractivity contribution in [3.63, 3.8) is 0 Å². The van der Waals surface area contributed by atoms with Gasteiger partial charge in [-0.2, -0.15) is 0 Å². The third kappa shape index (κ3) is 2.07. The van der Waals surface area contributed by atoms with E-state index >= 15 is 0 Å². The third-order valence-electron chi connectivity index (χ3n) is 3.63. The third-order valence-corrected chi connectivity index (χ3v) is 3.63. The molecule has 2 nitrogen and oxygen atoms in total. The lowest BCUT2D eigenvalue weighted by atomic mass is 9.98. The van der Waals surface area contributed by atoms with Crippen LogP contribution in [-0.4, -0.2) is 14.2 Å². The number of hydrogen-bond acceptors (Lipinski definition) is 2. The van der Waals surface area contributed by atoms with Gasteiger partial charge in [0.15, 0.2) is 0 Å². The molecule has 3 unspecified atom stereocenters. The largest absolute Gasteiger partial charge is 0.496 e. The Kier molecular flexibility index (Phi) is 3.20. The summed E-state index contributed by atoms with van der Waals surface area (Å²) >= 11 is 0. The Labute approximate surface area is 98.0 Å². The Morgan fingerprint density at radius 2 is 2.12 bits per heavy atom. The number of nitrogens with one attached hydrogen (secondary N) is 1. The highest BCUT2D eigenvalue weighted by Crippen LogP contribution is 2.48. The van der Waals surface area contributed by atoms with Gasteiger partial charge < -0.3 is 10.1 Å². The maximum atomic E-state index is 5.46. The van der Waals surface area contributed by atoms with Crippen molar-refractivity contribution >= 4 is 0 Å². The van der Waals surface area contributed by atoms with Crippen molar-refractivity contribution in [3.8, 4) is 5.75 Å². The fourth-order valence-electron chi connectivity index (χ4n) is 2.51. The first kappa shape index (κ1) is 11.5. The smallest absolute Gasteiger partial charge is 0.123 e. The second-order valence-electron chi connectivity index (χ2n) is 4.89. The lowest BCUT2D eigenvalue weighted by Crippen LogP contribution is -2.20. The fraction of sp³-hybridized carbons (Fsp3) is 0.571. The van der Waals surface area contributed by atoms with Gasteiger partial charge in [-0.1, -0.05) is 24.6 Å². The van der Waals surface area contributed by atoms with Gasteiger partial charge in [0, 0.05) is 11.6 Å². The molecule has 0 saturated heterocycles. The van der Waals surface area contributed by atoms with E-state index in [0.29, 0.717) is 6.04 Å². The molecule has 1 saturated carbocycles. The molecular formula is C14H21NO. The molecule has 0 radical (unpaired) electrons. The minimum absolute atomic E-state index is 0.435. The fourth-order valence-corrected chi connectivity index (χ4v) is 2.51. The van der Waals surface area contributed by atoms with Crippen molar-refractivity contribution in [1.82, 2.24) is 5.32 Å². The lowest BCUT2D eigenvalue weighted by molar-refractivity contribution is 0.393. The van der Waals surface area contributed by atoms with E-state index in [2.05, 4.69) is 37.4 Å². The first-order valence-electron chi connectivity index (χ1n) is 5.99. The Hall–Kier alpha value is -1.02. The summed E-state index contributed by atoms with van der Waals surface area (Å²) in [6, 6.07) is 6.85. The molecular weight excluding hydrogens is 198 g/mol. The van der Waals surface area contributed by atoms with Gasteiger partial charge in [0.25, 0.3) is 0 Å². The number of ether oxygens (including phenoxy) is 1. The van der Waals surface area contributed by atoms with E-state index < -0.39 is 0 Å². The molecule has 2 rings (SSSR count). The molecule has 2 heteroatoms. The van der Waals surface area contributed by atoms with Crippen LogP contribution in [0.4, 0.5) is 0 Å². The lowest BCUT2D eigenvalue weighted by Gasteiger charge is -2.20. The van der Waals surface area contributed by atoms with Crippen LogP contribution >= 0.6 is 0 Å². The molecule has 1 fully saturated rings. The minimum atomic E-state index is 0.435. The van der Waals surface area contributed by atoms with Crippen LogP contribution in [0.2, 0.25) is 0 Å². The van der Waals surface area contributed by atoms with Crippen LogP contribution in [0.1, 0.15) is 30.5 Å². The van der Waals surface area contributed by atoms with Crippen LogP contribution in [-0.2, 0) is 0 Å². The first-order chi connectivity index (χ1) is 7.67. The average Bonchev–Trinajstić information content (AvgIpc) is 2.97. The predicted octanol–water partition coefficient (Wildman–Crippen LogP) is 2.92. The van der Waals surface area contributed by atoms with Crippen molar-refractivity contribution in [2.75, 3.05) is 14.2 Å². The zero-order valence-corrected chi connectivity index (χ0v) is 10.6. The van der Waals surface area contributed by atoms with Gasteiger partial charge in [-0.05, 0) is 38.3 Å². The Morgan fingerprint density at radius 3 is 2.62 bits per heavy atom. The molecule has 1 aromatic rings. The summed E-state index contributed by atoms with van der Waals surface area (Å²) < 4.78 is 5.46. The van der Waals surface area contributed by atoms with Crippen molar-refractivity contribution in [3.05, 3.63) is 29.3 Å². The monoisotopic (exact) mass is 219 g/mol. The van der Waals surface area contributed by atoms with E-state index in [1.807, 2.05) is 7.05 Å². The van der Waals surface area contributed by atoms with E-state index in [4.69, 9.17) is 4.74 Å². The van der Waals surface area contributed by atoms with Crippen LogP contribution in [0.25, 0.3) is 0 Å². The van der Waals surface area contributed by atoms with E-state index in [1.54, 1.807) is 7.11 Å². The van der Waals surface area contributed by atoms with Gasteiger partial charge in [0.2, 0.25) is 0 Å². The molecule has 1 aliphatic rings. The standard InChI is InChI=1S/C14H21NO/c1-9-5-6-13(16-4)12(7-9)14(15-3)11-8-10(11)2/h5-7,10-11,14-15H,8H2,1-4H3. The second-order valence-corrected chi connectivity index (χ2v) is 4.89. The molecule has 1 aliphatic carbocycles. The highest BCUT2D eigenvalue weighted by atomic mass is 16.5. The molecule has 88 valence electrons. The molecule has 0 spiro atoms. The maximum absolute atomic E-state index is 5.46. The number of benzene rings is 1. The normalized spacial score (nSPS) is 25.2. The zero-order valence-electron chi connectivity index (χ0n) is 10.6. The SMILES string of the molecule is CNC(c1cc(C)ccc1OC)C1CC1C. The van der Waals surface area contributed by atoms with Crippen LogP contribution < -0.4 is 10.1 Å². The molecule has 0 bridgehead atoms. The molecule has 0 heterocycles. The molecule has 0 aliphatic heterocycles. The topological polar surface area (TPSA) is 21.3 Å². The average molecular weight is 219 g/mol. The second kappa shape index (κ2) is 4.46. The number of rotatable bonds is 4. The molecule has 0 amide bonds. The van der Waals surface area contributed by atoms with Gasteiger partial charge in [0.05, 0.1) is 7.11 Å². The maximum Gasteiger partial charge on any atom is 0.123 e. The van der Waals surface area contributed by atoms with Gasteiger partial charge in [-0.25, -0.2) is 0 Å². The highest BCUT2D eigenvalue weighted by molar-refractivity contribution is 5.40. The summed E-state index contributed by atoms with van der Waals surface area (Å²) in [4.78, 5) is 0. The van der Waals surface area contributed by atoms with Crippen LogP contribution in [0.5, 0.6) is 5.75 Å². The Balaban J connectivity index is 2.32. The van der Waals surface area contributed by atoms with E-state index in [-0.39, 0.29) is 0 Å². The van der Waals surface area contributed by atoms with Crippen LogP contribution in [0.15, 0.2) is 18.2 Å². The summed E-state index contributed by atoms with van der Waals surface area (Å²) in [7, 11) is 3.79. The van der Waals surface area contributed by atoms with Crippen LogP contribution in [0, 0.1) is 18.8 Å². The first-order valence-corrected chi connectivity index (χ1v) is 5.99. The Bertz CT molecular complexity index is 375. The number of hydrogen-bond donors (Lipinski definition) is 1.